The lowest BCUT2D eigenvalue weighted by atomic mass is 10.0. The van der Waals surface area contributed by atoms with Gasteiger partial charge in [-0.05, 0) is 41.8 Å². The molecule has 0 fully saturated rings. The Morgan fingerprint density at radius 1 is 1.14 bits per heavy atom. The highest BCUT2D eigenvalue weighted by Gasteiger charge is 2.31. The molecule has 0 N–H and O–H groups in total. The van der Waals surface area contributed by atoms with E-state index in [0.717, 1.165) is 47.6 Å². The second-order valence-corrected chi connectivity index (χ2v) is 7.31. The molecule has 28 heavy (non-hydrogen) atoms. The summed E-state index contributed by atoms with van der Waals surface area (Å²) in [7, 11) is 0. The molecule has 9 heteroatoms. The second kappa shape index (κ2) is 7.52. The highest BCUT2D eigenvalue weighted by Crippen LogP contribution is 2.33. The van der Waals surface area contributed by atoms with Gasteiger partial charge in [-0.3, -0.25) is 0 Å². The first-order chi connectivity index (χ1) is 13.4. The van der Waals surface area contributed by atoms with E-state index in [1.165, 1.54) is 11.9 Å². The number of hydrogen-bond acceptors (Lipinski definition) is 5. The average Bonchev–Trinajstić information content (AvgIpc) is 2.67. The van der Waals surface area contributed by atoms with Crippen LogP contribution in [0.25, 0.3) is 5.57 Å². The van der Waals surface area contributed by atoms with Crippen LogP contribution < -0.4 is 4.74 Å². The molecule has 0 saturated carbocycles. The summed E-state index contributed by atoms with van der Waals surface area (Å²) < 4.78 is 48.4. The Morgan fingerprint density at radius 3 is 2.68 bits per heavy atom. The maximum absolute atomic E-state index is 12.8. The minimum Gasteiger partial charge on any atom is -0.439 e. The van der Waals surface area contributed by atoms with E-state index in [2.05, 4.69) is 9.38 Å². The van der Waals surface area contributed by atoms with Crippen LogP contribution in [0, 0.1) is 0 Å². The van der Waals surface area contributed by atoms with Gasteiger partial charge in [0.05, 0.1) is 10.6 Å². The van der Waals surface area contributed by atoms with Crippen molar-refractivity contribution in [2.24, 2.45) is 4.40 Å². The number of allylic oxidation sites excluding steroid dienone is 2. The summed E-state index contributed by atoms with van der Waals surface area (Å²) in [5.41, 5.74) is 0.945. The van der Waals surface area contributed by atoms with Gasteiger partial charge in [-0.1, -0.05) is 23.7 Å². The highest BCUT2D eigenvalue weighted by atomic mass is 35.5. The molecule has 144 valence electrons. The number of amidine groups is 1. The average molecular weight is 424 g/mol. The molecule has 0 amide bonds. The summed E-state index contributed by atoms with van der Waals surface area (Å²) in [5, 5.41) is 0.606. The fraction of sp³-hybridized carbons (Fsp3) is 0.158. The van der Waals surface area contributed by atoms with Gasteiger partial charge in [-0.25, -0.2) is 4.98 Å². The zero-order chi connectivity index (χ0) is 19.7. The number of benzene rings is 1. The van der Waals surface area contributed by atoms with Gasteiger partial charge >= 0.3 is 6.18 Å². The predicted octanol–water partition coefficient (Wildman–Crippen LogP) is 5.73. The summed E-state index contributed by atoms with van der Waals surface area (Å²) in [5.74, 6) is 1.97. The first-order valence-corrected chi connectivity index (χ1v) is 9.60. The van der Waals surface area contributed by atoms with Gasteiger partial charge in [0.15, 0.2) is 0 Å². The molecule has 1 aromatic carbocycles. The number of halogens is 4. The van der Waals surface area contributed by atoms with E-state index < -0.39 is 11.7 Å². The molecule has 2 aliphatic heterocycles. The van der Waals surface area contributed by atoms with Crippen LogP contribution in [0.3, 0.4) is 0 Å². The Kier molecular flexibility index (Phi) is 5.07. The van der Waals surface area contributed by atoms with Gasteiger partial charge in [0.2, 0.25) is 5.88 Å². The molecule has 0 spiro atoms. The van der Waals surface area contributed by atoms with Crippen molar-refractivity contribution >= 4 is 35.0 Å². The van der Waals surface area contributed by atoms with Gasteiger partial charge in [0.1, 0.15) is 11.6 Å². The van der Waals surface area contributed by atoms with Crippen molar-refractivity contribution in [3.05, 3.63) is 71.0 Å². The van der Waals surface area contributed by atoms with Crippen molar-refractivity contribution in [1.29, 1.82) is 0 Å². The van der Waals surface area contributed by atoms with Crippen LogP contribution in [0.4, 0.5) is 13.2 Å². The molecule has 4 rings (SSSR count). The van der Waals surface area contributed by atoms with Crippen LogP contribution >= 0.6 is 23.5 Å². The van der Waals surface area contributed by atoms with Crippen LogP contribution in [0.15, 0.2) is 64.3 Å². The van der Waals surface area contributed by atoms with E-state index >= 15 is 0 Å². The lowest BCUT2D eigenvalue weighted by Gasteiger charge is -2.30. The quantitative estimate of drug-likeness (QED) is 0.591. The van der Waals surface area contributed by atoms with E-state index in [1.807, 2.05) is 29.3 Å². The number of aromatic nitrogens is 1. The van der Waals surface area contributed by atoms with Gasteiger partial charge in [0.25, 0.3) is 0 Å². The smallest absolute Gasteiger partial charge is 0.416 e. The maximum Gasteiger partial charge on any atom is 0.416 e. The number of fused-ring (bicyclic) bond motifs is 1. The lowest BCUT2D eigenvalue weighted by Crippen LogP contribution is -2.33. The largest absolute Gasteiger partial charge is 0.439 e. The van der Waals surface area contributed by atoms with Crippen molar-refractivity contribution in [1.82, 2.24) is 9.88 Å². The van der Waals surface area contributed by atoms with Crippen LogP contribution in [0.5, 0.6) is 11.6 Å². The molecular weight excluding hydrogens is 411 g/mol. The molecular formula is C19H13ClF3N3OS. The third-order valence-electron chi connectivity index (χ3n) is 4.10. The molecule has 0 radical (unpaired) electrons. The normalized spacial score (nSPS) is 16.7. The van der Waals surface area contributed by atoms with Crippen molar-refractivity contribution in [3.8, 4) is 11.6 Å². The summed E-state index contributed by atoms with van der Waals surface area (Å²) in [6, 6.07) is 8.73. The van der Waals surface area contributed by atoms with Crippen LogP contribution in [-0.2, 0) is 6.18 Å². The molecule has 0 atom stereocenters. The van der Waals surface area contributed by atoms with E-state index in [0.29, 0.717) is 10.8 Å². The Balaban J connectivity index is 1.56. The minimum atomic E-state index is -4.45. The topological polar surface area (TPSA) is 37.7 Å². The number of rotatable bonds is 3. The third-order valence-corrected chi connectivity index (χ3v) is 4.97. The number of hydrogen-bond donors (Lipinski definition) is 0. The summed E-state index contributed by atoms with van der Waals surface area (Å²) >= 11 is 7.72. The Morgan fingerprint density at radius 2 is 1.93 bits per heavy atom. The first-order valence-electron chi connectivity index (χ1n) is 8.28. The van der Waals surface area contributed by atoms with Crippen molar-refractivity contribution in [3.63, 3.8) is 0 Å². The number of pyridine rings is 1. The molecule has 0 saturated heterocycles. The predicted molar refractivity (Wildman–Crippen MR) is 104 cm³/mol. The molecule has 0 unspecified atom stereocenters. The highest BCUT2D eigenvalue weighted by molar-refractivity contribution is 7.98. The van der Waals surface area contributed by atoms with Crippen LogP contribution in [0.2, 0.25) is 0 Å². The zero-order valence-electron chi connectivity index (χ0n) is 14.3. The second-order valence-electron chi connectivity index (χ2n) is 6.02. The van der Waals surface area contributed by atoms with Crippen molar-refractivity contribution in [2.45, 2.75) is 6.18 Å². The van der Waals surface area contributed by atoms with Crippen LogP contribution in [-0.4, -0.2) is 28.0 Å². The van der Waals surface area contributed by atoms with E-state index in [9.17, 15) is 13.2 Å². The van der Waals surface area contributed by atoms with Gasteiger partial charge < -0.3 is 9.64 Å². The molecule has 1 aromatic heterocycles. The molecule has 2 aliphatic rings. The van der Waals surface area contributed by atoms with E-state index in [-0.39, 0.29) is 5.88 Å². The maximum atomic E-state index is 12.8. The molecule has 2 aromatic rings. The number of ether oxygens (including phenoxy) is 1. The number of nitrogens with zero attached hydrogens (tertiary/aromatic N) is 3. The lowest BCUT2D eigenvalue weighted by molar-refractivity contribution is -0.137. The molecule has 4 nitrogen and oxygen atoms in total. The van der Waals surface area contributed by atoms with Gasteiger partial charge in [0, 0.05) is 36.3 Å². The Labute approximate surface area is 168 Å². The minimum absolute atomic E-state index is 0.121. The summed E-state index contributed by atoms with van der Waals surface area (Å²) in [6.07, 6.45) is 0.310. The van der Waals surface area contributed by atoms with E-state index in [1.54, 1.807) is 12.1 Å². The Hall–Kier alpha value is -2.45. The SMILES string of the molecule is FC(F)(F)c1ccnc(Oc2ccc(C3=CC(Cl)=CN4CCSN=C34)cc2)c1. The fourth-order valence-electron chi connectivity index (χ4n) is 2.80. The van der Waals surface area contributed by atoms with Crippen molar-refractivity contribution in [2.75, 3.05) is 12.3 Å². The fourth-order valence-corrected chi connectivity index (χ4v) is 3.72. The summed E-state index contributed by atoms with van der Waals surface area (Å²) in [6.45, 7) is 0.819. The third kappa shape index (κ3) is 4.02. The monoisotopic (exact) mass is 423 g/mol. The molecule has 3 heterocycles. The van der Waals surface area contributed by atoms with E-state index in [4.69, 9.17) is 16.3 Å². The first kappa shape index (κ1) is 18.9. The molecule has 0 aliphatic carbocycles. The number of alkyl halides is 3. The standard InChI is InChI=1S/C19H13ClF3N3OS/c20-14-10-16(18-25-28-8-7-26(18)11-14)12-1-3-15(4-2-12)27-17-9-13(5-6-24-17)19(21,22)23/h1-6,9-11H,7-8H2. The zero-order valence-corrected chi connectivity index (χ0v) is 15.9. The van der Waals surface area contributed by atoms with Gasteiger partial charge in [-0.15, -0.1) is 0 Å². The Bertz CT molecular complexity index is 987. The molecule has 0 bridgehead atoms. The summed E-state index contributed by atoms with van der Waals surface area (Å²) in [4.78, 5) is 5.84. The van der Waals surface area contributed by atoms with Gasteiger partial charge in [-0.2, -0.15) is 17.6 Å². The van der Waals surface area contributed by atoms with Crippen molar-refractivity contribution < 1.29 is 17.9 Å². The van der Waals surface area contributed by atoms with Crippen LogP contribution in [0.1, 0.15) is 11.1 Å².